The van der Waals surface area contributed by atoms with Gasteiger partial charge in [-0.2, -0.15) is 0 Å². The molecule has 0 radical (unpaired) electrons. The molecule has 0 aromatic carbocycles. The maximum absolute atomic E-state index is 9.10. The summed E-state index contributed by atoms with van der Waals surface area (Å²) in [5, 5.41) is 12.8. The van der Waals surface area contributed by atoms with Crippen LogP contribution < -0.4 is 5.32 Å². The molecule has 1 aliphatic carbocycles. The normalized spacial score (nSPS) is 29.4. The first-order valence-corrected chi connectivity index (χ1v) is 6.32. The number of rotatable bonds is 4. The van der Waals surface area contributed by atoms with Crippen molar-refractivity contribution in [1.29, 1.82) is 0 Å². The van der Waals surface area contributed by atoms with Crippen LogP contribution in [0.15, 0.2) is 0 Å². The average Bonchev–Trinajstić information content (AvgIpc) is 2.49. The molecule has 15 heavy (non-hydrogen) atoms. The van der Waals surface area contributed by atoms with Gasteiger partial charge in [-0.15, -0.1) is 0 Å². The van der Waals surface area contributed by atoms with Crippen LogP contribution in [0, 0.1) is 11.3 Å². The predicted octanol–water partition coefficient (Wildman–Crippen LogP) is 2.56. The molecule has 0 bridgehead atoms. The topological polar surface area (TPSA) is 32.3 Å². The molecule has 1 saturated carbocycles. The molecule has 0 aliphatic heterocycles. The Bertz CT molecular complexity index is 185. The Balaban J connectivity index is 2.50. The molecular weight excluding hydrogens is 186 g/mol. The smallest absolute Gasteiger partial charge is 0.0446 e. The van der Waals surface area contributed by atoms with Gasteiger partial charge in [0, 0.05) is 18.7 Å². The van der Waals surface area contributed by atoms with Crippen LogP contribution >= 0.6 is 0 Å². The van der Waals surface area contributed by atoms with Crippen LogP contribution in [0.1, 0.15) is 53.4 Å². The molecule has 3 unspecified atom stereocenters. The monoisotopic (exact) mass is 213 g/mol. The fraction of sp³-hybridized carbons (Fsp3) is 1.00. The Labute approximate surface area is 94.5 Å². The second kappa shape index (κ2) is 5.31. The summed E-state index contributed by atoms with van der Waals surface area (Å²) in [5.41, 5.74) is 0.241. The maximum Gasteiger partial charge on any atom is 0.0446 e. The first-order chi connectivity index (χ1) is 6.95. The highest BCUT2D eigenvalue weighted by molar-refractivity contribution is 4.88. The number of aliphatic hydroxyl groups is 1. The third-order valence-electron chi connectivity index (χ3n) is 3.74. The van der Waals surface area contributed by atoms with E-state index >= 15 is 0 Å². The Hall–Kier alpha value is -0.0800. The van der Waals surface area contributed by atoms with E-state index in [0.29, 0.717) is 12.1 Å². The summed E-state index contributed by atoms with van der Waals surface area (Å²) >= 11 is 0. The molecule has 0 saturated heterocycles. The highest BCUT2D eigenvalue weighted by atomic mass is 16.3. The lowest BCUT2D eigenvalue weighted by Crippen LogP contribution is -2.47. The fourth-order valence-electron chi connectivity index (χ4n) is 2.55. The summed E-state index contributed by atoms with van der Waals surface area (Å²) in [7, 11) is 0. The van der Waals surface area contributed by atoms with E-state index in [0.717, 1.165) is 12.3 Å². The van der Waals surface area contributed by atoms with Crippen LogP contribution in [0.25, 0.3) is 0 Å². The van der Waals surface area contributed by atoms with E-state index in [2.05, 4.69) is 33.0 Å². The van der Waals surface area contributed by atoms with Crippen LogP contribution in [0.5, 0.6) is 0 Å². The lowest BCUT2D eigenvalue weighted by atomic mass is 9.84. The Morgan fingerprint density at radius 2 is 2.00 bits per heavy atom. The van der Waals surface area contributed by atoms with Gasteiger partial charge in [0.05, 0.1) is 0 Å². The molecule has 0 aromatic heterocycles. The zero-order valence-corrected chi connectivity index (χ0v) is 10.7. The number of aliphatic hydroxyl groups excluding tert-OH is 1. The second-order valence-electron chi connectivity index (χ2n) is 6.11. The van der Waals surface area contributed by atoms with E-state index in [4.69, 9.17) is 5.11 Å². The molecule has 0 heterocycles. The van der Waals surface area contributed by atoms with Crippen LogP contribution in [0.4, 0.5) is 0 Å². The van der Waals surface area contributed by atoms with Crippen molar-refractivity contribution in [3.05, 3.63) is 0 Å². The van der Waals surface area contributed by atoms with Gasteiger partial charge < -0.3 is 10.4 Å². The van der Waals surface area contributed by atoms with Crippen molar-refractivity contribution < 1.29 is 5.11 Å². The minimum atomic E-state index is 0.241. The Kier molecular flexibility index (Phi) is 4.60. The summed E-state index contributed by atoms with van der Waals surface area (Å²) in [5.74, 6) is 0.800. The van der Waals surface area contributed by atoms with Gasteiger partial charge in [0.2, 0.25) is 0 Å². The third-order valence-corrected chi connectivity index (χ3v) is 3.74. The van der Waals surface area contributed by atoms with Crippen molar-refractivity contribution in [2.24, 2.45) is 11.3 Å². The van der Waals surface area contributed by atoms with Gasteiger partial charge in [0.1, 0.15) is 0 Å². The molecule has 1 aliphatic rings. The van der Waals surface area contributed by atoms with E-state index in [1.807, 2.05) is 0 Å². The molecule has 90 valence electrons. The first kappa shape index (κ1) is 13.0. The van der Waals surface area contributed by atoms with Crippen molar-refractivity contribution in [2.45, 2.75) is 65.5 Å². The van der Waals surface area contributed by atoms with Gasteiger partial charge in [0.15, 0.2) is 0 Å². The molecule has 2 N–H and O–H groups in total. The second-order valence-corrected chi connectivity index (χ2v) is 6.11. The molecule has 0 amide bonds. The van der Waals surface area contributed by atoms with E-state index in [1.54, 1.807) is 0 Å². The Morgan fingerprint density at radius 3 is 2.40 bits per heavy atom. The predicted molar refractivity (Wildman–Crippen MR) is 64.9 cm³/mol. The maximum atomic E-state index is 9.10. The SMILES string of the molecule is CC1CCCC1NC(CCO)C(C)(C)C. The quantitative estimate of drug-likeness (QED) is 0.752. The Morgan fingerprint density at radius 1 is 1.33 bits per heavy atom. The van der Waals surface area contributed by atoms with E-state index < -0.39 is 0 Å². The van der Waals surface area contributed by atoms with Gasteiger partial charge in [0.25, 0.3) is 0 Å². The molecule has 1 rings (SSSR count). The fourth-order valence-corrected chi connectivity index (χ4v) is 2.55. The molecule has 0 aromatic rings. The summed E-state index contributed by atoms with van der Waals surface area (Å²) in [6.45, 7) is 9.37. The molecule has 2 nitrogen and oxygen atoms in total. The van der Waals surface area contributed by atoms with Crippen molar-refractivity contribution >= 4 is 0 Å². The standard InChI is InChI=1S/C13H27NO/c1-10-6-5-7-11(10)14-12(8-9-15)13(2,3)4/h10-12,14-15H,5-9H2,1-4H3. The summed E-state index contributed by atoms with van der Waals surface area (Å²) in [4.78, 5) is 0. The number of nitrogens with one attached hydrogen (secondary N) is 1. The van der Waals surface area contributed by atoms with Crippen LogP contribution in [0.3, 0.4) is 0 Å². The van der Waals surface area contributed by atoms with Gasteiger partial charge >= 0.3 is 0 Å². The van der Waals surface area contributed by atoms with Gasteiger partial charge in [-0.3, -0.25) is 0 Å². The average molecular weight is 213 g/mol. The van der Waals surface area contributed by atoms with Crippen LogP contribution in [-0.2, 0) is 0 Å². The summed E-state index contributed by atoms with van der Waals surface area (Å²) < 4.78 is 0. The summed E-state index contributed by atoms with van der Waals surface area (Å²) in [6.07, 6.45) is 4.88. The van der Waals surface area contributed by atoms with Crippen molar-refractivity contribution in [3.63, 3.8) is 0 Å². The van der Waals surface area contributed by atoms with Crippen LogP contribution in [-0.4, -0.2) is 23.8 Å². The van der Waals surface area contributed by atoms with Crippen molar-refractivity contribution in [1.82, 2.24) is 5.32 Å². The van der Waals surface area contributed by atoms with Gasteiger partial charge in [-0.1, -0.05) is 34.1 Å². The largest absolute Gasteiger partial charge is 0.396 e. The zero-order chi connectivity index (χ0) is 11.5. The summed E-state index contributed by atoms with van der Waals surface area (Å²) in [6, 6.07) is 1.11. The minimum absolute atomic E-state index is 0.241. The highest BCUT2D eigenvalue weighted by Gasteiger charge is 2.30. The van der Waals surface area contributed by atoms with E-state index in [9.17, 15) is 0 Å². The lowest BCUT2D eigenvalue weighted by Gasteiger charge is -2.35. The molecule has 1 fully saturated rings. The number of hydrogen-bond acceptors (Lipinski definition) is 2. The van der Waals surface area contributed by atoms with Crippen molar-refractivity contribution in [3.8, 4) is 0 Å². The lowest BCUT2D eigenvalue weighted by molar-refractivity contribution is 0.178. The zero-order valence-electron chi connectivity index (χ0n) is 10.7. The molecule has 2 heteroatoms. The van der Waals surface area contributed by atoms with E-state index in [1.165, 1.54) is 19.3 Å². The highest BCUT2D eigenvalue weighted by Crippen LogP contribution is 2.29. The molecular formula is C13H27NO. The van der Waals surface area contributed by atoms with Crippen molar-refractivity contribution in [2.75, 3.05) is 6.61 Å². The number of hydrogen-bond donors (Lipinski definition) is 2. The van der Waals surface area contributed by atoms with Crippen LogP contribution in [0.2, 0.25) is 0 Å². The van der Waals surface area contributed by atoms with E-state index in [-0.39, 0.29) is 12.0 Å². The third kappa shape index (κ3) is 3.76. The van der Waals surface area contributed by atoms with Gasteiger partial charge in [-0.25, -0.2) is 0 Å². The minimum Gasteiger partial charge on any atom is -0.396 e. The van der Waals surface area contributed by atoms with Gasteiger partial charge in [-0.05, 0) is 30.6 Å². The molecule has 3 atom stereocenters. The molecule has 0 spiro atoms. The first-order valence-electron chi connectivity index (χ1n) is 6.32.